The van der Waals surface area contributed by atoms with E-state index in [1.54, 1.807) is 6.07 Å². The van der Waals surface area contributed by atoms with Crippen molar-refractivity contribution < 1.29 is 0 Å². The zero-order chi connectivity index (χ0) is 20.2. The summed E-state index contributed by atoms with van der Waals surface area (Å²) in [7, 11) is 0. The molecule has 2 aliphatic rings. The lowest BCUT2D eigenvalue weighted by Crippen LogP contribution is -2.36. The van der Waals surface area contributed by atoms with Crippen molar-refractivity contribution in [3.63, 3.8) is 0 Å². The highest BCUT2D eigenvalue weighted by Gasteiger charge is 2.44. The fourth-order valence-electron chi connectivity index (χ4n) is 4.20. The van der Waals surface area contributed by atoms with Crippen LogP contribution in [0.25, 0.3) is 16.7 Å². The largest absolute Gasteiger partial charge is 0.383 e. The number of nitrogens with zero attached hydrogens (tertiary/aromatic N) is 5. The predicted octanol–water partition coefficient (Wildman–Crippen LogP) is 1.30. The van der Waals surface area contributed by atoms with E-state index in [9.17, 15) is 14.9 Å². The van der Waals surface area contributed by atoms with E-state index in [0.717, 1.165) is 25.9 Å². The third-order valence-electron chi connectivity index (χ3n) is 6.14. The van der Waals surface area contributed by atoms with Crippen molar-refractivity contribution in [2.45, 2.75) is 25.7 Å². The summed E-state index contributed by atoms with van der Waals surface area (Å²) in [6.07, 6.45) is 7.67. The van der Waals surface area contributed by atoms with Gasteiger partial charge in [-0.25, -0.2) is 9.78 Å². The molecule has 29 heavy (non-hydrogen) atoms. The number of aromatic amines is 1. The van der Waals surface area contributed by atoms with E-state index in [4.69, 9.17) is 5.73 Å². The zero-order valence-corrected chi connectivity index (χ0v) is 15.7. The zero-order valence-electron chi connectivity index (χ0n) is 15.7. The molecule has 9 nitrogen and oxygen atoms in total. The first-order valence-corrected chi connectivity index (χ1v) is 9.56. The summed E-state index contributed by atoms with van der Waals surface area (Å²) in [5, 5.41) is 10.4. The Hall–Kier alpha value is -3.67. The van der Waals surface area contributed by atoms with Crippen LogP contribution >= 0.6 is 0 Å². The maximum absolute atomic E-state index is 12.5. The van der Waals surface area contributed by atoms with Crippen molar-refractivity contribution in [1.29, 1.82) is 5.26 Å². The van der Waals surface area contributed by atoms with E-state index in [-0.39, 0.29) is 11.4 Å². The van der Waals surface area contributed by atoms with Crippen LogP contribution in [0.3, 0.4) is 0 Å². The molecule has 0 radical (unpaired) electrons. The number of H-pyrrole nitrogens is 1. The molecule has 1 spiro atoms. The highest BCUT2D eigenvalue weighted by Crippen LogP contribution is 2.54. The molecule has 0 unspecified atom stereocenters. The average molecular weight is 389 g/mol. The smallest absolute Gasteiger partial charge is 0.355 e. The van der Waals surface area contributed by atoms with E-state index >= 15 is 0 Å². The number of aromatic nitrogens is 4. The molecule has 4 heterocycles. The van der Waals surface area contributed by atoms with Crippen molar-refractivity contribution in [1.82, 2.24) is 19.5 Å². The highest BCUT2D eigenvalue weighted by molar-refractivity contribution is 5.95. The fraction of sp³-hybridized carbons (Fsp3) is 0.350. The molecule has 3 aromatic rings. The lowest BCUT2D eigenvalue weighted by atomic mass is 9.92. The number of anilines is 2. The van der Waals surface area contributed by atoms with Crippen molar-refractivity contribution in [3.8, 4) is 11.9 Å². The molecule has 2 fully saturated rings. The lowest BCUT2D eigenvalue weighted by molar-refractivity contribution is 0.385. The normalized spacial score (nSPS) is 17.4. The summed E-state index contributed by atoms with van der Waals surface area (Å²) in [6.45, 7) is 1.60. The SMILES string of the molecule is N#Cc1c(N2CCC3(CC2)CC3)c2cc(-n3ccc(N)nc3=O)ncc2[nH]c1=O. The van der Waals surface area contributed by atoms with E-state index in [1.807, 2.05) is 0 Å². The average Bonchev–Trinajstić information content (AvgIpc) is 3.46. The van der Waals surface area contributed by atoms with Gasteiger partial charge in [0.15, 0.2) is 0 Å². The number of fused-ring (bicyclic) bond motifs is 1. The first-order valence-electron chi connectivity index (χ1n) is 9.56. The van der Waals surface area contributed by atoms with Gasteiger partial charge < -0.3 is 15.6 Å². The lowest BCUT2D eigenvalue weighted by Gasteiger charge is -2.34. The Balaban J connectivity index is 1.69. The molecule has 146 valence electrons. The number of nitrogen functional groups attached to an aromatic ring is 1. The van der Waals surface area contributed by atoms with E-state index < -0.39 is 11.2 Å². The molecule has 0 amide bonds. The third kappa shape index (κ3) is 2.84. The van der Waals surface area contributed by atoms with Crippen molar-refractivity contribution in [2.24, 2.45) is 5.41 Å². The summed E-state index contributed by atoms with van der Waals surface area (Å²) in [6, 6.07) is 5.29. The minimum atomic E-state index is -0.544. The second-order valence-electron chi connectivity index (χ2n) is 7.87. The minimum Gasteiger partial charge on any atom is -0.383 e. The van der Waals surface area contributed by atoms with Gasteiger partial charge in [0, 0.05) is 24.7 Å². The molecular formula is C20H19N7O2. The molecular weight excluding hydrogens is 370 g/mol. The molecule has 9 heteroatoms. The molecule has 3 aromatic heterocycles. The number of hydrogen-bond donors (Lipinski definition) is 2. The van der Waals surface area contributed by atoms with Gasteiger partial charge >= 0.3 is 5.69 Å². The molecule has 0 atom stereocenters. The predicted molar refractivity (Wildman–Crippen MR) is 108 cm³/mol. The maximum Gasteiger partial charge on any atom is 0.355 e. The summed E-state index contributed by atoms with van der Waals surface area (Å²) >= 11 is 0. The van der Waals surface area contributed by atoms with Crippen LogP contribution in [0.1, 0.15) is 31.2 Å². The summed E-state index contributed by atoms with van der Waals surface area (Å²) in [4.78, 5) is 37.6. The summed E-state index contributed by atoms with van der Waals surface area (Å²) in [5.74, 6) is 0.481. The Bertz CT molecular complexity index is 1290. The van der Waals surface area contributed by atoms with Gasteiger partial charge in [0.05, 0.1) is 17.4 Å². The fourth-order valence-corrected chi connectivity index (χ4v) is 4.20. The standard InChI is InChI=1S/C20H19N7O2/c21-10-13-17(26-7-4-20(2-3-20)5-8-26)12-9-16(23-11-14(12)24-18(13)28)27-6-1-15(22)25-19(27)29/h1,6,9,11H,2-5,7-8H2,(H,24,28)(H2,22,25,29). The quantitative estimate of drug-likeness (QED) is 0.675. The first-order chi connectivity index (χ1) is 14.0. The number of piperidine rings is 1. The number of nitrogens with one attached hydrogen (secondary N) is 1. The van der Waals surface area contributed by atoms with Gasteiger partial charge in [-0.3, -0.25) is 9.36 Å². The molecule has 3 N–H and O–H groups in total. The van der Waals surface area contributed by atoms with E-state index in [0.29, 0.717) is 27.8 Å². The van der Waals surface area contributed by atoms with Gasteiger partial charge in [0.25, 0.3) is 5.56 Å². The number of nitrogens with two attached hydrogens (primary N) is 1. The van der Waals surface area contributed by atoms with Gasteiger partial charge in [-0.1, -0.05) is 0 Å². The molecule has 5 rings (SSSR count). The summed E-state index contributed by atoms with van der Waals surface area (Å²) in [5.41, 5.74) is 6.29. The van der Waals surface area contributed by atoms with Gasteiger partial charge in [-0.15, -0.1) is 0 Å². The molecule has 1 aliphatic heterocycles. The second kappa shape index (κ2) is 6.17. The van der Waals surface area contributed by atoms with Crippen LogP contribution in [0.4, 0.5) is 11.5 Å². The molecule has 0 bridgehead atoms. The maximum atomic E-state index is 12.5. The van der Waals surface area contributed by atoms with Crippen molar-refractivity contribution in [3.05, 3.63) is 50.9 Å². The van der Waals surface area contributed by atoms with Crippen molar-refractivity contribution in [2.75, 3.05) is 23.7 Å². The topological polar surface area (TPSA) is 134 Å². The molecule has 1 aliphatic carbocycles. The Labute approximate surface area is 165 Å². The van der Waals surface area contributed by atoms with Gasteiger partial charge in [0.1, 0.15) is 23.3 Å². The molecule has 1 saturated carbocycles. The van der Waals surface area contributed by atoms with Crippen LogP contribution in [0.15, 0.2) is 34.1 Å². The number of nitriles is 1. The van der Waals surface area contributed by atoms with Gasteiger partial charge in [0.2, 0.25) is 0 Å². The highest BCUT2D eigenvalue weighted by atomic mass is 16.1. The van der Waals surface area contributed by atoms with Gasteiger partial charge in [-0.05, 0) is 43.2 Å². The second-order valence-corrected chi connectivity index (χ2v) is 7.87. The van der Waals surface area contributed by atoms with Crippen LogP contribution in [0.2, 0.25) is 0 Å². The Morgan fingerprint density at radius 2 is 1.97 bits per heavy atom. The van der Waals surface area contributed by atoms with Crippen LogP contribution < -0.4 is 21.9 Å². The third-order valence-corrected chi connectivity index (χ3v) is 6.14. The van der Waals surface area contributed by atoms with Crippen LogP contribution in [0, 0.1) is 16.7 Å². The Morgan fingerprint density at radius 1 is 1.21 bits per heavy atom. The van der Waals surface area contributed by atoms with Crippen LogP contribution in [-0.2, 0) is 0 Å². The molecule has 1 saturated heterocycles. The Kier molecular flexibility index (Phi) is 3.71. The Morgan fingerprint density at radius 3 is 2.62 bits per heavy atom. The van der Waals surface area contributed by atoms with E-state index in [1.165, 1.54) is 35.9 Å². The number of pyridine rings is 2. The van der Waals surface area contributed by atoms with Crippen LogP contribution in [-0.4, -0.2) is 32.6 Å². The van der Waals surface area contributed by atoms with Crippen molar-refractivity contribution >= 4 is 22.4 Å². The molecule has 0 aromatic carbocycles. The monoisotopic (exact) mass is 389 g/mol. The number of hydrogen-bond acceptors (Lipinski definition) is 7. The van der Waals surface area contributed by atoms with Gasteiger partial charge in [-0.2, -0.15) is 10.2 Å². The number of rotatable bonds is 2. The first kappa shape index (κ1) is 17.4. The summed E-state index contributed by atoms with van der Waals surface area (Å²) < 4.78 is 1.28. The van der Waals surface area contributed by atoms with E-state index in [2.05, 4.69) is 25.9 Å². The van der Waals surface area contributed by atoms with Crippen LogP contribution in [0.5, 0.6) is 0 Å². The minimum absolute atomic E-state index is 0.0872.